The molecule has 0 aromatic carbocycles. The number of aliphatic hydroxyl groups is 3. The van der Waals surface area contributed by atoms with Crippen LogP contribution < -0.4 is 0 Å². The van der Waals surface area contributed by atoms with Crippen LogP contribution in [-0.4, -0.2) is 59.2 Å². The van der Waals surface area contributed by atoms with Gasteiger partial charge in [0.1, 0.15) is 18.3 Å². The van der Waals surface area contributed by atoms with Crippen molar-refractivity contribution in [3.63, 3.8) is 0 Å². The summed E-state index contributed by atoms with van der Waals surface area (Å²) in [5, 5.41) is 32.4. The Labute approximate surface area is 104 Å². The Morgan fingerprint density at radius 1 is 1.39 bits per heavy atom. The lowest BCUT2D eigenvalue weighted by Gasteiger charge is -2.40. The van der Waals surface area contributed by atoms with Crippen molar-refractivity contribution < 1.29 is 24.8 Å². The van der Waals surface area contributed by atoms with Gasteiger partial charge in [0.25, 0.3) is 0 Å². The topological polar surface area (TPSA) is 128 Å². The van der Waals surface area contributed by atoms with E-state index >= 15 is 0 Å². The molecule has 1 heterocycles. The molecular weight excluding hydrogens is 242 g/mol. The molecule has 0 aromatic heterocycles. The highest BCUT2D eigenvalue weighted by molar-refractivity contribution is 4.90. The Balaban J connectivity index is 2.63. The first-order valence-corrected chi connectivity index (χ1v) is 5.54. The number of rotatable bonds is 6. The van der Waals surface area contributed by atoms with E-state index in [1.54, 1.807) is 0 Å². The zero-order chi connectivity index (χ0) is 13.5. The van der Waals surface area contributed by atoms with Gasteiger partial charge in [0.05, 0.1) is 12.7 Å². The summed E-state index contributed by atoms with van der Waals surface area (Å²) in [6.07, 6.45) is -3.93. The van der Waals surface area contributed by atoms with Crippen LogP contribution in [0, 0.1) is 0 Å². The Morgan fingerprint density at radius 3 is 2.72 bits per heavy atom. The summed E-state index contributed by atoms with van der Waals surface area (Å²) in [5.74, 6) is 0. The summed E-state index contributed by atoms with van der Waals surface area (Å²) in [5.41, 5.74) is 8.15. The Hall–Kier alpha value is -1.15. The van der Waals surface area contributed by atoms with E-state index in [-0.39, 0.29) is 19.6 Å². The van der Waals surface area contributed by atoms with Crippen LogP contribution in [0.4, 0.5) is 0 Å². The molecule has 1 fully saturated rings. The maximum atomic E-state index is 9.95. The molecule has 0 unspecified atom stereocenters. The lowest BCUT2D eigenvalue weighted by molar-refractivity contribution is -0.288. The molecule has 1 rings (SSSR count). The first kappa shape index (κ1) is 14.9. The van der Waals surface area contributed by atoms with Gasteiger partial charge in [-0.1, -0.05) is 11.2 Å². The molecule has 1 aliphatic heterocycles. The molecule has 0 aliphatic carbocycles. The molecule has 18 heavy (non-hydrogen) atoms. The van der Waals surface area contributed by atoms with E-state index in [1.807, 2.05) is 0 Å². The third-order valence-electron chi connectivity index (χ3n) is 2.64. The lowest BCUT2D eigenvalue weighted by Crippen LogP contribution is -2.58. The van der Waals surface area contributed by atoms with Gasteiger partial charge in [-0.15, -0.1) is 6.58 Å². The van der Waals surface area contributed by atoms with Crippen LogP contribution >= 0.6 is 0 Å². The van der Waals surface area contributed by atoms with Crippen molar-refractivity contribution in [1.82, 2.24) is 0 Å². The van der Waals surface area contributed by atoms with E-state index in [0.717, 1.165) is 0 Å². The SMILES string of the molecule is C=CCO[C@@H]1[C@H](O)[C@@H](O)O[C@H](CCN=[N+]=[N-])[C@H]1O. The maximum Gasteiger partial charge on any atom is 0.183 e. The largest absolute Gasteiger partial charge is 0.388 e. The molecule has 3 N–H and O–H groups in total. The van der Waals surface area contributed by atoms with Gasteiger partial charge in [0.2, 0.25) is 0 Å². The van der Waals surface area contributed by atoms with Crippen molar-refractivity contribution in [3.05, 3.63) is 23.1 Å². The van der Waals surface area contributed by atoms with Crippen molar-refractivity contribution in [1.29, 1.82) is 0 Å². The van der Waals surface area contributed by atoms with Crippen LogP contribution in [0.15, 0.2) is 17.8 Å². The number of nitrogens with zero attached hydrogens (tertiary/aromatic N) is 3. The zero-order valence-corrected chi connectivity index (χ0v) is 9.79. The summed E-state index contributed by atoms with van der Waals surface area (Å²) in [4.78, 5) is 2.58. The van der Waals surface area contributed by atoms with Gasteiger partial charge in [-0.3, -0.25) is 0 Å². The molecule has 0 bridgehead atoms. The highest BCUT2D eigenvalue weighted by atomic mass is 16.6. The molecule has 8 nitrogen and oxygen atoms in total. The number of hydrogen-bond donors (Lipinski definition) is 3. The minimum absolute atomic E-state index is 0.120. The number of aliphatic hydroxyl groups excluding tert-OH is 3. The molecule has 1 saturated heterocycles. The summed E-state index contributed by atoms with van der Waals surface area (Å²) >= 11 is 0. The second-order valence-electron chi connectivity index (χ2n) is 3.88. The van der Waals surface area contributed by atoms with Crippen LogP contribution in [-0.2, 0) is 9.47 Å². The summed E-state index contributed by atoms with van der Waals surface area (Å²) in [7, 11) is 0. The second-order valence-corrected chi connectivity index (χ2v) is 3.88. The van der Waals surface area contributed by atoms with Gasteiger partial charge in [0, 0.05) is 11.5 Å². The smallest absolute Gasteiger partial charge is 0.183 e. The van der Waals surface area contributed by atoms with Crippen molar-refractivity contribution in [2.75, 3.05) is 13.2 Å². The van der Waals surface area contributed by atoms with Crippen molar-refractivity contribution >= 4 is 0 Å². The Kier molecular flexibility index (Phi) is 6.06. The van der Waals surface area contributed by atoms with E-state index in [9.17, 15) is 15.3 Å². The summed E-state index contributed by atoms with van der Waals surface area (Å²) < 4.78 is 10.2. The molecule has 0 spiro atoms. The van der Waals surface area contributed by atoms with E-state index in [0.29, 0.717) is 0 Å². The minimum Gasteiger partial charge on any atom is -0.388 e. The van der Waals surface area contributed by atoms with Gasteiger partial charge in [0.15, 0.2) is 6.29 Å². The number of azide groups is 1. The first-order valence-electron chi connectivity index (χ1n) is 5.54. The monoisotopic (exact) mass is 259 g/mol. The van der Waals surface area contributed by atoms with Crippen LogP contribution in [0.2, 0.25) is 0 Å². The molecule has 0 aromatic rings. The van der Waals surface area contributed by atoms with Crippen LogP contribution in [0.5, 0.6) is 0 Å². The molecule has 1 aliphatic rings. The summed E-state index contributed by atoms with van der Waals surface area (Å²) in [6.45, 7) is 3.71. The van der Waals surface area contributed by atoms with Crippen LogP contribution in [0.1, 0.15) is 6.42 Å². The number of hydrogen-bond acceptors (Lipinski definition) is 6. The molecular formula is C10H17N3O5. The van der Waals surface area contributed by atoms with E-state index in [2.05, 4.69) is 16.6 Å². The third kappa shape index (κ3) is 3.67. The van der Waals surface area contributed by atoms with Gasteiger partial charge in [-0.05, 0) is 12.0 Å². The van der Waals surface area contributed by atoms with Crippen LogP contribution in [0.3, 0.4) is 0 Å². The van der Waals surface area contributed by atoms with Gasteiger partial charge in [-0.25, -0.2) is 0 Å². The van der Waals surface area contributed by atoms with Crippen molar-refractivity contribution in [2.45, 2.75) is 37.1 Å². The third-order valence-corrected chi connectivity index (χ3v) is 2.64. The predicted octanol–water partition coefficient (Wildman–Crippen LogP) is -0.303. The normalized spacial score (nSPS) is 35.8. The fraction of sp³-hybridized carbons (Fsp3) is 0.800. The molecule has 0 radical (unpaired) electrons. The Morgan fingerprint density at radius 2 is 2.11 bits per heavy atom. The van der Waals surface area contributed by atoms with Crippen molar-refractivity contribution in [3.8, 4) is 0 Å². The molecule has 8 heteroatoms. The molecule has 102 valence electrons. The van der Waals surface area contributed by atoms with Gasteiger partial charge < -0.3 is 24.8 Å². The zero-order valence-electron chi connectivity index (χ0n) is 9.79. The standard InChI is InChI=1S/C10H17N3O5/c1-2-5-17-9-7(14)6(3-4-12-13-11)18-10(16)8(9)15/h2,6-10,14-16H,1,3-5H2/t6-,7-,8+,9+,10+/m1/s1. The summed E-state index contributed by atoms with van der Waals surface area (Å²) in [6, 6.07) is 0. The van der Waals surface area contributed by atoms with E-state index in [4.69, 9.17) is 15.0 Å². The second kappa shape index (κ2) is 7.32. The minimum atomic E-state index is -1.45. The van der Waals surface area contributed by atoms with Gasteiger partial charge >= 0.3 is 0 Å². The highest BCUT2D eigenvalue weighted by Crippen LogP contribution is 2.24. The van der Waals surface area contributed by atoms with E-state index in [1.165, 1.54) is 6.08 Å². The van der Waals surface area contributed by atoms with Gasteiger partial charge in [-0.2, -0.15) is 0 Å². The first-order chi connectivity index (χ1) is 8.61. The maximum absolute atomic E-state index is 9.95. The fourth-order valence-electron chi connectivity index (χ4n) is 1.76. The fourth-order valence-corrected chi connectivity index (χ4v) is 1.76. The van der Waals surface area contributed by atoms with Crippen LogP contribution in [0.25, 0.3) is 10.4 Å². The Bertz CT molecular complexity index is 321. The molecule has 0 saturated carbocycles. The van der Waals surface area contributed by atoms with E-state index < -0.39 is 30.7 Å². The average molecular weight is 259 g/mol. The lowest BCUT2D eigenvalue weighted by atomic mass is 9.96. The quantitative estimate of drug-likeness (QED) is 0.261. The van der Waals surface area contributed by atoms with Crippen molar-refractivity contribution in [2.24, 2.45) is 5.11 Å². The highest BCUT2D eigenvalue weighted by Gasteiger charge is 2.44. The number of ether oxygens (including phenoxy) is 2. The average Bonchev–Trinajstić information content (AvgIpc) is 2.36. The molecule has 5 atom stereocenters. The molecule has 0 amide bonds. The predicted molar refractivity (Wildman–Crippen MR) is 61.5 cm³/mol.